The molecule has 4 nitrogen and oxygen atoms in total. The molecule has 1 amide bonds. The Morgan fingerprint density at radius 3 is 3.12 bits per heavy atom. The standard InChI is InChI=1S/C13H24N2O2/c1-2-3-5-10(14)13(16)15-8-9-17-12-7-4-6-11(12)15/h10-12H,2-9,14H2,1H3. The number of ether oxygens (including phenoxy) is 1. The van der Waals surface area contributed by atoms with Gasteiger partial charge >= 0.3 is 0 Å². The zero-order chi connectivity index (χ0) is 12.3. The van der Waals surface area contributed by atoms with Crippen molar-refractivity contribution in [3.8, 4) is 0 Å². The van der Waals surface area contributed by atoms with E-state index in [1.165, 1.54) is 6.42 Å². The number of nitrogens with zero attached hydrogens (tertiary/aromatic N) is 1. The number of morpholine rings is 1. The van der Waals surface area contributed by atoms with E-state index in [0.717, 1.165) is 38.6 Å². The Hall–Kier alpha value is -0.610. The summed E-state index contributed by atoms with van der Waals surface area (Å²) < 4.78 is 5.71. The van der Waals surface area contributed by atoms with E-state index in [1.54, 1.807) is 0 Å². The van der Waals surface area contributed by atoms with Gasteiger partial charge in [-0.3, -0.25) is 4.79 Å². The smallest absolute Gasteiger partial charge is 0.239 e. The van der Waals surface area contributed by atoms with Gasteiger partial charge in [0.2, 0.25) is 5.91 Å². The first-order valence-corrected chi connectivity index (χ1v) is 6.91. The second kappa shape index (κ2) is 5.83. The summed E-state index contributed by atoms with van der Waals surface area (Å²) in [7, 11) is 0. The lowest BCUT2D eigenvalue weighted by atomic mass is 10.1. The largest absolute Gasteiger partial charge is 0.374 e. The van der Waals surface area contributed by atoms with Crippen molar-refractivity contribution in [2.45, 2.75) is 63.6 Å². The summed E-state index contributed by atoms with van der Waals surface area (Å²) in [5.41, 5.74) is 5.98. The SMILES string of the molecule is CCCCC(N)C(=O)N1CCOC2CCCC21. The Labute approximate surface area is 103 Å². The van der Waals surface area contributed by atoms with Crippen LogP contribution in [0.1, 0.15) is 45.4 Å². The molecule has 17 heavy (non-hydrogen) atoms. The van der Waals surface area contributed by atoms with Crippen LogP contribution in [0.2, 0.25) is 0 Å². The number of rotatable bonds is 4. The molecule has 2 rings (SSSR count). The van der Waals surface area contributed by atoms with Crippen molar-refractivity contribution in [3.63, 3.8) is 0 Å². The van der Waals surface area contributed by atoms with Crippen molar-refractivity contribution in [1.82, 2.24) is 4.90 Å². The highest BCUT2D eigenvalue weighted by molar-refractivity contribution is 5.82. The number of nitrogens with two attached hydrogens (primary N) is 1. The van der Waals surface area contributed by atoms with Crippen LogP contribution in [0.4, 0.5) is 0 Å². The van der Waals surface area contributed by atoms with E-state index < -0.39 is 0 Å². The van der Waals surface area contributed by atoms with Crippen LogP contribution in [0.15, 0.2) is 0 Å². The number of carbonyl (C=O) groups is 1. The molecular formula is C13H24N2O2. The fraction of sp³-hybridized carbons (Fsp3) is 0.923. The lowest BCUT2D eigenvalue weighted by Gasteiger charge is -2.39. The quantitative estimate of drug-likeness (QED) is 0.805. The fourth-order valence-electron chi connectivity index (χ4n) is 2.96. The first-order valence-electron chi connectivity index (χ1n) is 6.91. The van der Waals surface area contributed by atoms with E-state index in [2.05, 4.69) is 6.92 Å². The number of hydrogen-bond acceptors (Lipinski definition) is 3. The van der Waals surface area contributed by atoms with E-state index in [0.29, 0.717) is 12.6 Å². The summed E-state index contributed by atoms with van der Waals surface area (Å²) in [5.74, 6) is 0.138. The molecule has 1 saturated carbocycles. The molecule has 1 saturated heterocycles. The van der Waals surface area contributed by atoms with Crippen molar-refractivity contribution in [2.75, 3.05) is 13.2 Å². The molecule has 1 heterocycles. The van der Waals surface area contributed by atoms with E-state index in [1.807, 2.05) is 4.90 Å². The molecule has 0 aromatic heterocycles. The van der Waals surface area contributed by atoms with Gasteiger partial charge in [-0.25, -0.2) is 0 Å². The van der Waals surface area contributed by atoms with Crippen LogP contribution in [0.5, 0.6) is 0 Å². The first kappa shape index (κ1) is 12.8. The summed E-state index contributed by atoms with van der Waals surface area (Å²) in [6.07, 6.45) is 6.55. The molecular weight excluding hydrogens is 216 g/mol. The molecule has 1 aliphatic heterocycles. The molecule has 2 aliphatic rings. The molecule has 0 spiro atoms. The molecule has 0 bridgehead atoms. The zero-order valence-electron chi connectivity index (χ0n) is 10.7. The van der Waals surface area contributed by atoms with Gasteiger partial charge in [-0.15, -0.1) is 0 Å². The maximum atomic E-state index is 12.3. The average molecular weight is 240 g/mol. The summed E-state index contributed by atoms with van der Waals surface area (Å²) in [4.78, 5) is 14.3. The van der Waals surface area contributed by atoms with E-state index >= 15 is 0 Å². The monoisotopic (exact) mass is 240 g/mol. The molecule has 98 valence electrons. The number of amides is 1. The third-order valence-corrected chi connectivity index (χ3v) is 3.95. The van der Waals surface area contributed by atoms with Crippen molar-refractivity contribution in [1.29, 1.82) is 0 Å². The van der Waals surface area contributed by atoms with Gasteiger partial charge < -0.3 is 15.4 Å². The highest BCUT2D eigenvalue weighted by atomic mass is 16.5. The van der Waals surface area contributed by atoms with Gasteiger partial charge in [-0.2, -0.15) is 0 Å². The summed E-state index contributed by atoms with van der Waals surface area (Å²) in [6, 6.07) is -0.0155. The van der Waals surface area contributed by atoms with Crippen molar-refractivity contribution in [3.05, 3.63) is 0 Å². The molecule has 0 aromatic rings. The molecule has 2 fully saturated rings. The van der Waals surface area contributed by atoms with Gasteiger partial charge in [0.05, 0.1) is 24.8 Å². The van der Waals surface area contributed by atoms with Crippen LogP contribution in [0.3, 0.4) is 0 Å². The van der Waals surface area contributed by atoms with Crippen LogP contribution in [0, 0.1) is 0 Å². The Kier molecular flexibility index (Phi) is 4.40. The number of unbranched alkanes of at least 4 members (excludes halogenated alkanes) is 1. The van der Waals surface area contributed by atoms with Gasteiger partial charge in [0.25, 0.3) is 0 Å². The summed E-state index contributed by atoms with van der Waals surface area (Å²) in [6.45, 7) is 3.52. The maximum Gasteiger partial charge on any atom is 0.239 e. The number of hydrogen-bond donors (Lipinski definition) is 1. The Morgan fingerprint density at radius 1 is 1.53 bits per heavy atom. The van der Waals surface area contributed by atoms with Gasteiger partial charge in [-0.1, -0.05) is 19.8 Å². The molecule has 4 heteroatoms. The Balaban J connectivity index is 1.93. The van der Waals surface area contributed by atoms with E-state index in [9.17, 15) is 4.79 Å². The van der Waals surface area contributed by atoms with Gasteiger partial charge in [0.15, 0.2) is 0 Å². The highest BCUT2D eigenvalue weighted by Gasteiger charge is 2.39. The Bertz CT molecular complexity index is 270. The predicted molar refractivity (Wildman–Crippen MR) is 66.6 cm³/mol. The van der Waals surface area contributed by atoms with Gasteiger partial charge in [0, 0.05) is 6.54 Å². The van der Waals surface area contributed by atoms with Crippen molar-refractivity contribution >= 4 is 5.91 Å². The molecule has 3 unspecified atom stereocenters. The molecule has 0 radical (unpaired) electrons. The highest BCUT2D eigenvalue weighted by Crippen LogP contribution is 2.30. The second-order valence-electron chi connectivity index (χ2n) is 5.19. The van der Waals surface area contributed by atoms with Crippen molar-refractivity contribution < 1.29 is 9.53 Å². The zero-order valence-corrected chi connectivity index (χ0v) is 10.7. The van der Waals surface area contributed by atoms with Gasteiger partial charge in [0.1, 0.15) is 0 Å². The van der Waals surface area contributed by atoms with E-state index in [-0.39, 0.29) is 18.1 Å². The molecule has 0 aromatic carbocycles. The predicted octanol–water partition coefficient (Wildman–Crippen LogP) is 1.28. The van der Waals surface area contributed by atoms with Crippen molar-refractivity contribution in [2.24, 2.45) is 5.73 Å². The average Bonchev–Trinajstić information content (AvgIpc) is 2.82. The lowest BCUT2D eigenvalue weighted by molar-refractivity contribution is -0.145. The molecule has 3 atom stereocenters. The molecule has 2 N–H and O–H groups in total. The van der Waals surface area contributed by atoms with Crippen LogP contribution in [-0.4, -0.2) is 42.1 Å². The van der Waals surface area contributed by atoms with Crippen LogP contribution >= 0.6 is 0 Å². The second-order valence-corrected chi connectivity index (χ2v) is 5.19. The Morgan fingerprint density at radius 2 is 2.35 bits per heavy atom. The minimum absolute atomic E-state index is 0.138. The third kappa shape index (κ3) is 2.80. The third-order valence-electron chi connectivity index (χ3n) is 3.95. The fourth-order valence-corrected chi connectivity index (χ4v) is 2.96. The number of carbonyl (C=O) groups excluding carboxylic acids is 1. The van der Waals surface area contributed by atoms with Crippen LogP contribution in [0.25, 0.3) is 0 Å². The molecule has 1 aliphatic carbocycles. The number of fused-ring (bicyclic) bond motifs is 1. The minimum atomic E-state index is -0.311. The normalized spacial score (nSPS) is 30.1. The lowest BCUT2D eigenvalue weighted by Crippen LogP contribution is -2.55. The maximum absolute atomic E-state index is 12.3. The van der Waals surface area contributed by atoms with E-state index in [4.69, 9.17) is 10.5 Å². The first-order chi connectivity index (χ1) is 8.24. The summed E-state index contributed by atoms with van der Waals surface area (Å²) >= 11 is 0. The topological polar surface area (TPSA) is 55.6 Å². The minimum Gasteiger partial charge on any atom is -0.374 e. The van der Waals surface area contributed by atoms with Crippen LogP contribution in [-0.2, 0) is 9.53 Å². The van der Waals surface area contributed by atoms with Gasteiger partial charge in [-0.05, 0) is 25.7 Å². The van der Waals surface area contributed by atoms with Crippen LogP contribution < -0.4 is 5.73 Å². The summed E-state index contributed by atoms with van der Waals surface area (Å²) in [5, 5.41) is 0.